The third-order valence-corrected chi connectivity index (χ3v) is 20.5. The molecule has 0 radical (unpaired) electrons. The van der Waals surface area contributed by atoms with Gasteiger partial charge in [0.2, 0.25) is 11.8 Å². The lowest BCUT2D eigenvalue weighted by Gasteiger charge is -2.23. The highest BCUT2D eigenvalue weighted by Crippen LogP contribution is 2.41. The third-order valence-electron chi connectivity index (χ3n) is 16.8. The van der Waals surface area contributed by atoms with Crippen LogP contribution in [-0.4, -0.2) is 77.1 Å². The fraction of sp³-hybridized carbons (Fsp3) is 0.441. The van der Waals surface area contributed by atoms with Crippen LogP contribution in [-0.2, 0) is 19.6 Å². The van der Waals surface area contributed by atoms with Crippen LogP contribution >= 0.6 is 34.6 Å². The van der Waals surface area contributed by atoms with Crippen molar-refractivity contribution in [1.82, 2.24) is 28.4 Å². The highest BCUT2D eigenvalue weighted by atomic mass is 32.2. The van der Waals surface area contributed by atoms with E-state index >= 15 is 0 Å². The Bertz CT molecular complexity index is 4140. The average molecular weight is 1370 g/mol. The van der Waals surface area contributed by atoms with Crippen molar-refractivity contribution in [2.24, 2.45) is 0 Å². The standard InChI is InChI=1S/C68H78B2F6N8O6S4/c1-9-13-31-69(32-14-10-2)83-61(47-23-27-49(28-24-47)89-35-19-17-21-57(85)81-93-67(71,72)73)59-60(64(83)52(42-78)66-80-54-38-44(6)46(8)40-56(54)92-66)62(48-25-29-50(30-26-48)90-36-20-18-22-58(86)82-94(87,88)68(74,75)76)84(70(33-15-11-3)34-16-12-4)63(59)51(41-77)65-79-53-37-43(5)45(7)39-55(53)91-65/h23-30,37-40H,9-22,31-36H2,1-8H3,(H,81,85)(H,82,86)/b63-51-,64-52-. The lowest BCUT2D eigenvalue weighted by molar-refractivity contribution is -0.120. The maximum atomic E-state index is 13.0. The van der Waals surface area contributed by atoms with Gasteiger partial charge in [-0.25, -0.2) is 14.7 Å². The Hall–Kier alpha value is -7.25. The molecule has 26 heteroatoms. The molecule has 4 heterocycles. The predicted octanol–water partition coefficient (Wildman–Crippen LogP) is 16.9. The first kappa shape index (κ1) is 72.6. The number of aryl methyl sites for hydroxylation is 4. The van der Waals surface area contributed by atoms with Gasteiger partial charge in [-0.3, -0.25) is 14.3 Å². The average Bonchev–Trinajstić information content (AvgIpc) is 1.53. The Morgan fingerprint density at radius 3 is 1.30 bits per heavy atom. The largest absolute Gasteiger partial charge is 0.516 e. The first-order valence-electron chi connectivity index (χ1n) is 32.1. The number of hydrogen-bond acceptors (Lipinski definition) is 13. The van der Waals surface area contributed by atoms with Crippen molar-refractivity contribution in [2.75, 3.05) is 13.2 Å². The van der Waals surface area contributed by atoms with E-state index in [1.807, 2.05) is 67.1 Å². The molecule has 0 spiro atoms. The minimum absolute atomic E-state index is 0.0367. The molecular formula is C68H78B2F6N8O6S4. The van der Waals surface area contributed by atoms with E-state index in [4.69, 9.17) is 19.4 Å². The van der Waals surface area contributed by atoms with Crippen LogP contribution in [0.1, 0.15) is 150 Å². The number of aromatic nitrogens is 4. The molecule has 8 rings (SSSR count). The summed E-state index contributed by atoms with van der Waals surface area (Å²) in [6, 6.07) is 29.1. The number of amides is 2. The molecule has 0 saturated heterocycles. The van der Waals surface area contributed by atoms with Crippen molar-refractivity contribution in [3.63, 3.8) is 0 Å². The SMILES string of the molecule is CCCCB(CCCC)n1c(-c2ccc(OCCCCC(=O)NSC(F)(F)F)cc2)c2/c(=C(\C#N)c3nc4cc(C)c(C)cc4s3)n(B(CCCC)CCCC)c(-c3ccc(OCCCCC(=O)NS(=O)(=O)C(F)(F)F)cc3)c2/c1=C(\C#N)c1nc2cc(C)c(C)cc2s1. The fourth-order valence-corrected chi connectivity index (χ4v) is 14.7. The van der Waals surface area contributed by atoms with E-state index in [9.17, 15) is 54.9 Å². The molecule has 2 N–H and O–H groups in total. The first-order valence-corrected chi connectivity index (χ1v) is 36.0. The Morgan fingerprint density at radius 1 is 0.574 bits per heavy atom. The van der Waals surface area contributed by atoms with E-state index in [0.717, 1.165) is 157 Å². The number of fused-ring (bicyclic) bond motifs is 3. The van der Waals surface area contributed by atoms with Crippen molar-refractivity contribution in [2.45, 2.75) is 182 Å². The summed E-state index contributed by atoms with van der Waals surface area (Å²) in [7, 11) is -5.85. The van der Waals surface area contributed by atoms with Gasteiger partial charge in [-0.1, -0.05) is 104 Å². The number of hydrogen-bond donors (Lipinski definition) is 2. The molecule has 498 valence electrons. The number of nitrogens with zero attached hydrogens (tertiary/aromatic N) is 6. The highest BCUT2D eigenvalue weighted by Gasteiger charge is 2.47. The number of benzene rings is 4. The van der Waals surface area contributed by atoms with Crippen LogP contribution in [0.25, 0.3) is 64.9 Å². The first-order chi connectivity index (χ1) is 44.9. The molecule has 0 bridgehead atoms. The van der Waals surface area contributed by atoms with Gasteiger partial charge in [-0.05, 0) is 160 Å². The summed E-state index contributed by atoms with van der Waals surface area (Å²) in [6.45, 7) is 16.7. The third kappa shape index (κ3) is 17.4. The van der Waals surface area contributed by atoms with Crippen LogP contribution in [0.2, 0.25) is 25.3 Å². The summed E-state index contributed by atoms with van der Waals surface area (Å²) in [6.07, 6.45) is 10.3. The lowest BCUT2D eigenvalue weighted by atomic mass is 9.53. The minimum atomic E-state index is -5.85. The van der Waals surface area contributed by atoms with Gasteiger partial charge in [-0.15, -0.1) is 22.7 Å². The Morgan fingerprint density at radius 2 is 0.947 bits per heavy atom. The second kappa shape index (κ2) is 32.5. The van der Waals surface area contributed by atoms with Gasteiger partial charge in [0.05, 0.1) is 56.3 Å². The number of ether oxygens (including phenoxy) is 2. The van der Waals surface area contributed by atoms with Crippen molar-refractivity contribution in [1.29, 1.82) is 10.5 Å². The van der Waals surface area contributed by atoms with Crippen molar-refractivity contribution in [3.05, 3.63) is 116 Å². The van der Waals surface area contributed by atoms with Crippen LogP contribution in [0.15, 0.2) is 72.8 Å². The number of sulfonamides is 1. The summed E-state index contributed by atoms with van der Waals surface area (Å²) >= 11 is 2.32. The van der Waals surface area contributed by atoms with Gasteiger partial charge in [0.15, 0.2) is 0 Å². The molecule has 4 aromatic heterocycles. The van der Waals surface area contributed by atoms with Crippen LogP contribution in [0.5, 0.6) is 11.5 Å². The molecular weight excluding hydrogens is 1290 g/mol. The van der Waals surface area contributed by atoms with E-state index in [2.05, 4.69) is 86.9 Å². The smallest absolute Gasteiger partial charge is 0.494 e. The predicted molar refractivity (Wildman–Crippen MR) is 369 cm³/mol. The van der Waals surface area contributed by atoms with Crippen LogP contribution in [0.4, 0.5) is 26.3 Å². The number of carbonyl (C=O) groups is 2. The van der Waals surface area contributed by atoms with E-state index in [1.165, 1.54) is 22.7 Å². The quantitative estimate of drug-likeness (QED) is 0.0176. The van der Waals surface area contributed by atoms with Gasteiger partial charge < -0.3 is 18.4 Å². The van der Waals surface area contributed by atoms with E-state index in [-0.39, 0.29) is 52.6 Å². The molecule has 8 aromatic rings. The Labute approximate surface area is 558 Å². The number of nitrogens with one attached hydrogen (secondary N) is 2. The van der Waals surface area contributed by atoms with Crippen molar-refractivity contribution in [3.8, 4) is 46.2 Å². The summed E-state index contributed by atoms with van der Waals surface area (Å²) in [5.74, 6) is -1.06. The second-order valence-electron chi connectivity index (χ2n) is 23.8. The molecule has 0 atom stereocenters. The number of alkyl halides is 6. The lowest BCUT2D eigenvalue weighted by Crippen LogP contribution is -2.40. The minimum Gasteiger partial charge on any atom is -0.494 e. The van der Waals surface area contributed by atoms with E-state index in [1.54, 1.807) is 0 Å². The summed E-state index contributed by atoms with van der Waals surface area (Å²) < 4.78 is 122. The molecule has 0 aliphatic carbocycles. The Kier molecular flexibility index (Phi) is 25.1. The summed E-state index contributed by atoms with van der Waals surface area (Å²) in [5, 5.41) is 28.3. The molecule has 0 aliphatic heterocycles. The molecule has 0 aliphatic rings. The van der Waals surface area contributed by atoms with Gasteiger partial charge in [0, 0.05) is 35.0 Å². The molecule has 0 fully saturated rings. The van der Waals surface area contributed by atoms with Crippen molar-refractivity contribution < 1.29 is 53.8 Å². The number of carbonyl (C=O) groups excluding carboxylic acids is 2. The topological polar surface area (TPSA) is 194 Å². The normalized spacial score (nSPS) is 12.7. The van der Waals surface area contributed by atoms with Gasteiger partial charge in [0.1, 0.15) is 44.8 Å². The van der Waals surface area contributed by atoms with Crippen LogP contribution < -0.4 is 29.6 Å². The van der Waals surface area contributed by atoms with Gasteiger partial charge in [-0.2, -0.15) is 45.3 Å². The molecule has 2 amide bonds. The molecule has 94 heavy (non-hydrogen) atoms. The second-order valence-corrected chi connectivity index (χ2v) is 28.4. The molecule has 14 nitrogen and oxygen atoms in total. The zero-order valence-corrected chi connectivity index (χ0v) is 57.5. The fourth-order valence-electron chi connectivity index (χ4n) is 11.7. The number of unbranched alkanes of at least 4 members (excludes halogenated alkanes) is 6. The number of rotatable bonds is 32. The van der Waals surface area contributed by atoms with Crippen molar-refractivity contribution >= 4 is 113 Å². The maximum Gasteiger partial charge on any atom is 0.516 e. The zero-order valence-electron chi connectivity index (χ0n) is 54.3. The zero-order chi connectivity index (χ0) is 68.1. The molecule has 4 aromatic carbocycles. The highest BCUT2D eigenvalue weighted by molar-refractivity contribution is 7.98. The summed E-state index contributed by atoms with van der Waals surface area (Å²) in [5.41, 5.74) is -0.682. The van der Waals surface area contributed by atoms with Gasteiger partial charge in [0.25, 0.3) is 13.7 Å². The van der Waals surface area contributed by atoms with Crippen LogP contribution in [0, 0.1) is 50.4 Å². The van der Waals surface area contributed by atoms with Crippen LogP contribution in [0.3, 0.4) is 0 Å². The number of nitriles is 2. The van der Waals surface area contributed by atoms with Gasteiger partial charge >= 0.3 is 21.0 Å². The molecule has 0 unspecified atom stereocenters. The maximum absolute atomic E-state index is 13.0. The van der Waals surface area contributed by atoms with E-state index < -0.39 is 51.2 Å². The molecule has 0 saturated carbocycles. The summed E-state index contributed by atoms with van der Waals surface area (Å²) in [4.78, 5) is 35.1. The van der Waals surface area contributed by atoms with E-state index in [0.29, 0.717) is 49.8 Å². The Balaban J connectivity index is 1.48. The monoisotopic (exact) mass is 1370 g/mol. The number of halogens is 6. The number of thiazole rings is 2.